The Bertz CT molecular complexity index is 890. The second-order valence-corrected chi connectivity index (χ2v) is 6.71. The molecule has 2 aliphatic heterocycles. The first-order chi connectivity index (χ1) is 12.9. The van der Waals surface area contributed by atoms with E-state index in [-0.39, 0.29) is 24.5 Å². The van der Waals surface area contributed by atoms with Crippen LogP contribution in [0.5, 0.6) is 0 Å². The van der Waals surface area contributed by atoms with Crippen molar-refractivity contribution < 1.29 is 18.0 Å². The fraction of sp³-hybridized carbons (Fsp3) is 0.368. The molecule has 3 heterocycles. The van der Waals surface area contributed by atoms with Crippen LogP contribution in [0, 0.1) is 0 Å². The summed E-state index contributed by atoms with van der Waals surface area (Å²) >= 11 is 0. The molecule has 2 aromatic rings. The van der Waals surface area contributed by atoms with E-state index in [4.69, 9.17) is 0 Å². The number of fused-ring (bicyclic) bond motifs is 4. The van der Waals surface area contributed by atoms with E-state index in [2.05, 4.69) is 15.2 Å². The molecule has 1 saturated heterocycles. The number of amides is 2. The van der Waals surface area contributed by atoms with Gasteiger partial charge in [0.05, 0.1) is 23.0 Å². The average Bonchev–Trinajstić information content (AvgIpc) is 3.05. The van der Waals surface area contributed by atoms with E-state index in [1.165, 1.54) is 6.07 Å². The number of carbonyl (C=O) groups excluding carboxylic acids is 1. The fourth-order valence-electron chi connectivity index (χ4n) is 3.72. The highest BCUT2D eigenvalue weighted by molar-refractivity contribution is 5.97. The van der Waals surface area contributed by atoms with Crippen LogP contribution in [-0.4, -0.2) is 36.7 Å². The Labute approximate surface area is 166 Å². The van der Waals surface area contributed by atoms with E-state index >= 15 is 0 Å². The van der Waals surface area contributed by atoms with Crippen LogP contribution in [0.3, 0.4) is 0 Å². The lowest BCUT2D eigenvalue weighted by Crippen LogP contribution is -2.50. The number of nitrogens with one attached hydrogen (secondary N) is 1. The van der Waals surface area contributed by atoms with Crippen LogP contribution in [0.2, 0.25) is 0 Å². The van der Waals surface area contributed by atoms with Crippen LogP contribution in [-0.2, 0) is 6.18 Å². The predicted octanol–water partition coefficient (Wildman–Crippen LogP) is 4.32. The SMILES string of the molecule is CCNC(=O)N1c2nc(-c3cccc(C(F)(F)F)c3)ccc2N2CC[C@H]1C2.Cl. The number of carbonyl (C=O) groups is 1. The Morgan fingerprint density at radius 2 is 2.07 bits per heavy atom. The largest absolute Gasteiger partial charge is 0.416 e. The van der Waals surface area contributed by atoms with E-state index < -0.39 is 11.7 Å². The highest BCUT2D eigenvalue weighted by Gasteiger charge is 2.40. The molecule has 1 aromatic carbocycles. The van der Waals surface area contributed by atoms with Crippen molar-refractivity contribution in [1.82, 2.24) is 10.3 Å². The number of hydrogen-bond donors (Lipinski definition) is 1. The smallest absolute Gasteiger partial charge is 0.366 e. The predicted molar refractivity (Wildman–Crippen MR) is 104 cm³/mol. The van der Waals surface area contributed by atoms with Crippen LogP contribution < -0.4 is 15.1 Å². The van der Waals surface area contributed by atoms with E-state index in [9.17, 15) is 18.0 Å². The van der Waals surface area contributed by atoms with Crippen LogP contribution >= 0.6 is 12.4 Å². The summed E-state index contributed by atoms with van der Waals surface area (Å²) in [6, 6.07) is 8.44. The van der Waals surface area contributed by atoms with Crippen molar-refractivity contribution in [3.8, 4) is 11.3 Å². The lowest BCUT2D eigenvalue weighted by Gasteiger charge is -2.35. The molecule has 9 heteroatoms. The number of aromatic nitrogens is 1. The first-order valence-corrected chi connectivity index (χ1v) is 8.89. The Hall–Kier alpha value is -2.48. The van der Waals surface area contributed by atoms with Crippen molar-refractivity contribution in [2.75, 3.05) is 29.4 Å². The van der Waals surface area contributed by atoms with Gasteiger partial charge in [-0.2, -0.15) is 13.2 Å². The fourth-order valence-corrected chi connectivity index (χ4v) is 3.72. The lowest BCUT2D eigenvalue weighted by molar-refractivity contribution is -0.137. The molecule has 1 N–H and O–H groups in total. The second kappa shape index (κ2) is 7.50. The molecule has 4 rings (SSSR count). The van der Waals surface area contributed by atoms with Crippen molar-refractivity contribution in [2.24, 2.45) is 0 Å². The maximum Gasteiger partial charge on any atom is 0.416 e. The maximum atomic E-state index is 13.0. The molecule has 150 valence electrons. The van der Waals surface area contributed by atoms with Gasteiger partial charge in [-0.3, -0.25) is 4.90 Å². The van der Waals surface area contributed by atoms with Gasteiger partial charge in [-0.15, -0.1) is 12.4 Å². The van der Waals surface area contributed by atoms with Gasteiger partial charge in [-0.1, -0.05) is 12.1 Å². The van der Waals surface area contributed by atoms with E-state index in [1.54, 1.807) is 17.0 Å². The zero-order valence-electron chi connectivity index (χ0n) is 15.2. The topological polar surface area (TPSA) is 48.5 Å². The van der Waals surface area contributed by atoms with Gasteiger partial charge in [-0.25, -0.2) is 9.78 Å². The molecular formula is C19H20ClF3N4O. The molecule has 0 saturated carbocycles. The number of hydrogen-bond acceptors (Lipinski definition) is 3. The molecule has 28 heavy (non-hydrogen) atoms. The molecule has 1 aromatic heterocycles. The highest BCUT2D eigenvalue weighted by atomic mass is 35.5. The third kappa shape index (κ3) is 3.48. The number of halogens is 4. The Kier molecular flexibility index (Phi) is 5.43. The number of nitrogens with zero attached hydrogens (tertiary/aromatic N) is 3. The molecular weight excluding hydrogens is 393 g/mol. The number of anilines is 2. The average molecular weight is 413 g/mol. The van der Waals surface area contributed by atoms with E-state index in [0.717, 1.165) is 37.3 Å². The lowest BCUT2D eigenvalue weighted by atomic mass is 10.1. The van der Waals surface area contributed by atoms with Gasteiger partial charge in [0.1, 0.15) is 0 Å². The summed E-state index contributed by atoms with van der Waals surface area (Å²) in [6.45, 7) is 3.91. The second-order valence-electron chi connectivity index (χ2n) is 6.71. The van der Waals surface area contributed by atoms with Crippen molar-refractivity contribution >= 4 is 29.9 Å². The Morgan fingerprint density at radius 3 is 2.79 bits per heavy atom. The summed E-state index contributed by atoms with van der Waals surface area (Å²) in [4.78, 5) is 21.0. The van der Waals surface area contributed by atoms with E-state index in [1.807, 2.05) is 13.0 Å². The standard InChI is InChI=1S/C19H19F3N4O.ClH/c1-2-23-18(27)26-14-8-9-25(11-14)16-7-6-15(24-17(16)26)12-4-3-5-13(10-12)19(20,21)22;/h3-7,10,14H,2,8-9,11H2,1H3,(H,23,27);1H/t14-;/m0./s1. The van der Waals surface area contributed by atoms with Crippen molar-refractivity contribution in [3.05, 3.63) is 42.0 Å². The minimum atomic E-state index is -4.41. The minimum absolute atomic E-state index is 0. The first-order valence-electron chi connectivity index (χ1n) is 8.89. The molecule has 2 amide bonds. The third-order valence-electron chi connectivity index (χ3n) is 4.98. The third-order valence-corrected chi connectivity index (χ3v) is 4.98. The number of pyridine rings is 1. The van der Waals surface area contributed by atoms with Gasteiger partial charge in [0.2, 0.25) is 0 Å². The monoisotopic (exact) mass is 412 g/mol. The zero-order chi connectivity index (χ0) is 19.2. The van der Waals surface area contributed by atoms with E-state index in [0.29, 0.717) is 23.6 Å². The van der Waals surface area contributed by atoms with Gasteiger partial charge in [-0.05, 0) is 37.6 Å². The number of alkyl halides is 3. The van der Waals surface area contributed by atoms with Crippen LogP contribution in [0.4, 0.5) is 29.5 Å². The van der Waals surface area contributed by atoms with Crippen molar-refractivity contribution in [2.45, 2.75) is 25.6 Å². The molecule has 5 nitrogen and oxygen atoms in total. The maximum absolute atomic E-state index is 13.0. The Balaban J connectivity index is 0.00000225. The molecule has 0 aliphatic carbocycles. The molecule has 0 unspecified atom stereocenters. The van der Waals surface area contributed by atoms with Gasteiger partial charge in [0, 0.05) is 25.2 Å². The highest BCUT2D eigenvalue weighted by Crippen LogP contribution is 2.40. The summed E-state index contributed by atoms with van der Waals surface area (Å²) in [7, 11) is 0. The molecule has 0 radical (unpaired) electrons. The molecule has 2 aliphatic rings. The summed E-state index contributed by atoms with van der Waals surface area (Å²) < 4.78 is 39.1. The zero-order valence-corrected chi connectivity index (χ0v) is 16.0. The summed E-state index contributed by atoms with van der Waals surface area (Å²) in [5, 5.41) is 2.81. The number of urea groups is 1. The quantitative estimate of drug-likeness (QED) is 0.799. The van der Waals surface area contributed by atoms with Gasteiger partial charge >= 0.3 is 12.2 Å². The molecule has 2 bridgehead atoms. The molecule has 1 atom stereocenters. The van der Waals surface area contributed by atoms with Crippen LogP contribution in [0.25, 0.3) is 11.3 Å². The summed E-state index contributed by atoms with van der Waals surface area (Å²) in [5.74, 6) is 0.504. The van der Waals surface area contributed by atoms with Crippen molar-refractivity contribution in [3.63, 3.8) is 0 Å². The van der Waals surface area contributed by atoms with Gasteiger partial charge in [0.25, 0.3) is 0 Å². The van der Waals surface area contributed by atoms with Gasteiger partial charge in [0.15, 0.2) is 5.82 Å². The van der Waals surface area contributed by atoms with Crippen LogP contribution in [0.15, 0.2) is 36.4 Å². The van der Waals surface area contributed by atoms with Crippen molar-refractivity contribution in [1.29, 1.82) is 0 Å². The number of rotatable bonds is 2. The van der Waals surface area contributed by atoms with Crippen LogP contribution in [0.1, 0.15) is 18.9 Å². The van der Waals surface area contributed by atoms with Gasteiger partial charge < -0.3 is 10.2 Å². The Morgan fingerprint density at radius 1 is 1.29 bits per heavy atom. The normalized spacial score (nSPS) is 17.8. The summed E-state index contributed by atoms with van der Waals surface area (Å²) in [6.07, 6.45) is -3.57. The molecule has 0 spiro atoms. The summed E-state index contributed by atoms with van der Waals surface area (Å²) in [5.41, 5.74) is 0.905. The molecule has 1 fully saturated rings. The first kappa shape index (κ1) is 20.3. The minimum Gasteiger partial charge on any atom is -0.366 e. The number of benzene rings is 1.